The third-order valence-electron chi connectivity index (χ3n) is 4.58. The zero-order valence-corrected chi connectivity index (χ0v) is 19.5. The molecule has 0 aliphatic heterocycles. The van der Waals surface area contributed by atoms with Gasteiger partial charge in [0.15, 0.2) is 5.82 Å². The second-order valence-corrected chi connectivity index (χ2v) is 8.81. The second-order valence-electron chi connectivity index (χ2n) is 6.87. The molecule has 2 aromatic heterocycles. The largest absolute Gasteiger partial charge is 0.496 e. The third kappa shape index (κ3) is 5.85. The Balaban J connectivity index is 1.34. The number of carbonyl (C=O) groups is 1. The van der Waals surface area contributed by atoms with Crippen LogP contribution in [-0.2, 0) is 10.5 Å². The summed E-state index contributed by atoms with van der Waals surface area (Å²) in [4.78, 5) is 16.8. The van der Waals surface area contributed by atoms with Gasteiger partial charge in [0.25, 0.3) is 0 Å². The van der Waals surface area contributed by atoms with Gasteiger partial charge >= 0.3 is 0 Å². The molecule has 2 aromatic carbocycles. The van der Waals surface area contributed by atoms with Crippen LogP contribution in [0.25, 0.3) is 11.4 Å². The average Bonchev–Trinajstić information content (AvgIpc) is 3.22. The number of rotatable bonds is 9. The van der Waals surface area contributed by atoms with E-state index in [0.29, 0.717) is 16.7 Å². The first kappa shape index (κ1) is 22.7. The average molecular weight is 479 g/mol. The number of amides is 1. The van der Waals surface area contributed by atoms with Gasteiger partial charge in [0.1, 0.15) is 5.75 Å². The van der Waals surface area contributed by atoms with Crippen LogP contribution in [0.3, 0.4) is 0 Å². The van der Waals surface area contributed by atoms with Gasteiger partial charge < -0.3 is 15.9 Å². The number of hydrogen-bond acceptors (Lipinski definition) is 8. The Hall–Kier alpha value is -3.50. The molecule has 0 aliphatic rings. The summed E-state index contributed by atoms with van der Waals surface area (Å²) in [6.07, 6.45) is 1.78. The van der Waals surface area contributed by atoms with Crippen molar-refractivity contribution in [2.24, 2.45) is 0 Å². The lowest BCUT2D eigenvalue weighted by Crippen LogP contribution is -2.16. The molecule has 2 heterocycles. The lowest BCUT2D eigenvalue weighted by atomic mass is 10.2. The van der Waals surface area contributed by atoms with E-state index in [2.05, 4.69) is 20.5 Å². The monoisotopic (exact) mass is 478 g/mol. The van der Waals surface area contributed by atoms with Crippen molar-refractivity contribution in [3.8, 4) is 17.1 Å². The third-order valence-corrected chi connectivity index (χ3v) is 6.54. The molecule has 1 amide bonds. The maximum Gasteiger partial charge on any atom is 0.234 e. The van der Waals surface area contributed by atoms with Gasteiger partial charge in [-0.25, -0.2) is 9.66 Å². The molecule has 0 radical (unpaired) electrons. The van der Waals surface area contributed by atoms with Crippen LogP contribution in [0.4, 0.5) is 5.69 Å². The summed E-state index contributed by atoms with van der Waals surface area (Å²) in [6.45, 7) is 0. The lowest BCUT2D eigenvalue weighted by Gasteiger charge is -2.08. The number of pyridine rings is 1. The molecule has 33 heavy (non-hydrogen) atoms. The minimum Gasteiger partial charge on any atom is -0.496 e. The van der Waals surface area contributed by atoms with Crippen LogP contribution >= 0.6 is 23.5 Å². The Morgan fingerprint density at radius 1 is 1.06 bits per heavy atom. The number of thioether (sulfide) groups is 2. The Bertz CT molecular complexity index is 1230. The van der Waals surface area contributed by atoms with E-state index in [1.165, 1.54) is 16.4 Å². The molecule has 10 heteroatoms. The minimum absolute atomic E-state index is 0.147. The smallest absolute Gasteiger partial charge is 0.234 e. The molecule has 0 atom stereocenters. The summed E-state index contributed by atoms with van der Waals surface area (Å²) < 4.78 is 6.73. The first-order chi connectivity index (χ1) is 16.1. The van der Waals surface area contributed by atoms with Crippen molar-refractivity contribution >= 4 is 35.1 Å². The van der Waals surface area contributed by atoms with Gasteiger partial charge in [0.2, 0.25) is 11.1 Å². The first-order valence-electron chi connectivity index (χ1n) is 10.0. The van der Waals surface area contributed by atoms with Crippen molar-refractivity contribution in [3.63, 3.8) is 0 Å². The molecule has 0 spiro atoms. The van der Waals surface area contributed by atoms with Crippen LogP contribution < -0.4 is 15.9 Å². The van der Waals surface area contributed by atoms with Crippen LogP contribution in [0.1, 0.15) is 5.56 Å². The fraction of sp³-hybridized carbons (Fsp3) is 0.130. The molecule has 4 rings (SSSR count). The molecular formula is C23H22N6O2S2. The van der Waals surface area contributed by atoms with E-state index in [4.69, 9.17) is 10.6 Å². The summed E-state index contributed by atoms with van der Waals surface area (Å²) >= 11 is 2.86. The molecule has 0 fully saturated rings. The van der Waals surface area contributed by atoms with Crippen molar-refractivity contribution in [2.75, 3.05) is 24.0 Å². The molecule has 0 bridgehead atoms. The molecule has 168 valence electrons. The fourth-order valence-corrected chi connectivity index (χ4v) is 4.51. The number of methoxy groups -OCH3 is 1. The highest BCUT2D eigenvalue weighted by Crippen LogP contribution is 2.29. The van der Waals surface area contributed by atoms with Crippen LogP contribution in [0, 0.1) is 0 Å². The van der Waals surface area contributed by atoms with Gasteiger partial charge in [-0.15, -0.1) is 22.0 Å². The Morgan fingerprint density at radius 3 is 2.73 bits per heavy atom. The normalized spacial score (nSPS) is 10.7. The first-order valence-corrected chi connectivity index (χ1v) is 12.0. The zero-order valence-electron chi connectivity index (χ0n) is 17.8. The van der Waals surface area contributed by atoms with Gasteiger partial charge in [-0.1, -0.05) is 42.1 Å². The topological polar surface area (TPSA) is 108 Å². The molecule has 0 saturated heterocycles. The van der Waals surface area contributed by atoms with Gasteiger partial charge in [-0.2, -0.15) is 0 Å². The van der Waals surface area contributed by atoms with Crippen molar-refractivity contribution < 1.29 is 9.53 Å². The van der Waals surface area contributed by atoms with E-state index in [1.807, 2.05) is 66.7 Å². The number of para-hydroxylation sites is 1. The number of nitrogens with zero attached hydrogens (tertiary/aromatic N) is 4. The number of aromatic nitrogens is 4. The van der Waals surface area contributed by atoms with Crippen LogP contribution in [0.5, 0.6) is 5.75 Å². The maximum atomic E-state index is 12.5. The molecule has 8 nitrogen and oxygen atoms in total. The number of ether oxygens (including phenoxy) is 1. The summed E-state index contributed by atoms with van der Waals surface area (Å²) in [6, 6.07) is 21.0. The lowest BCUT2D eigenvalue weighted by molar-refractivity contribution is -0.113. The SMILES string of the molecule is COc1ccccc1-c1nnc(SCC(=O)Nc2cccc(CSc3ccccn3)c2)n1N. The van der Waals surface area contributed by atoms with E-state index in [1.54, 1.807) is 25.1 Å². The van der Waals surface area contributed by atoms with Crippen LogP contribution in [-0.4, -0.2) is 38.6 Å². The van der Waals surface area contributed by atoms with E-state index in [9.17, 15) is 4.79 Å². The highest BCUT2D eigenvalue weighted by Gasteiger charge is 2.16. The highest BCUT2D eigenvalue weighted by molar-refractivity contribution is 7.99. The van der Waals surface area contributed by atoms with E-state index >= 15 is 0 Å². The molecular weight excluding hydrogens is 456 g/mol. The Kier molecular flexibility index (Phi) is 7.48. The van der Waals surface area contributed by atoms with Gasteiger partial charge in [0.05, 0.1) is 23.5 Å². The molecule has 0 unspecified atom stereocenters. The zero-order chi connectivity index (χ0) is 23.0. The van der Waals surface area contributed by atoms with Crippen molar-refractivity contribution in [3.05, 3.63) is 78.5 Å². The number of nitrogen functional groups attached to an aromatic ring is 1. The number of nitrogens with two attached hydrogens (primary N) is 1. The molecule has 3 N–H and O–H groups in total. The number of anilines is 1. The maximum absolute atomic E-state index is 12.5. The predicted molar refractivity (Wildman–Crippen MR) is 132 cm³/mol. The summed E-state index contributed by atoms with van der Waals surface area (Å²) in [5.41, 5.74) is 2.56. The number of benzene rings is 2. The Labute approximate surface area is 199 Å². The van der Waals surface area contributed by atoms with E-state index < -0.39 is 0 Å². The van der Waals surface area contributed by atoms with Crippen LogP contribution in [0.2, 0.25) is 0 Å². The molecule has 0 aliphatic carbocycles. The van der Waals surface area contributed by atoms with E-state index in [-0.39, 0.29) is 11.7 Å². The fourth-order valence-electron chi connectivity index (χ4n) is 3.04. The number of nitrogens with one attached hydrogen (secondary N) is 1. The molecule has 4 aromatic rings. The van der Waals surface area contributed by atoms with Gasteiger partial charge in [0, 0.05) is 17.6 Å². The summed E-state index contributed by atoms with van der Waals surface area (Å²) in [7, 11) is 1.59. The standard InChI is InChI=1S/C23H22N6O2S2/c1-31-19-10-3-2-9-18(19)22-27-28-23(29(22)24)33-15-20(30)26-17-8-6-7-16(13-17)14-32-21-11-4-5-12-25-21/h2-13H,14-15,24H2,1H3,(H,26,30). The highest BCUT2D eigenvalue weighted by atomic mass is 32.2. The minimum atomic E-state index is -0.156. The Morgan fingerprint density at radius 2 is 1.91 bits per heavy atom. The van der Waals surface area contributed by atoms with Crippen molar-refractivity contribution in [2.45, 2.75) is 15.9 Å². The van der Waals surface area contributed by atoms with E-state index in [0.717, 1.165) is 27.6 Å². The van der Waals surface area contributed by atoms with Crippen LogP contribution in [0.15, 0.2) is 83.1 Å². The molecule has 0 saturated carbocycles. The number of carbonyl (C=O) groups excluding carboxylic acids is 1. The van der Waals surface area contributed by atoms with Crippen molar-refractivity contribution in [1.82, 2.24) is 19.9 Å². The summed E-state index contributed by atoms with van der Waals surface area (Å²) in [5.74, 6) is 8.04. The second kappa shape index (κ2) is 10.9. The van der Waals surface area contributed by atoms with Gasteiger partial charge in [-0.3, -0.25) is 4.79 Å². The number of hydrogen-bond donors (Lipinski definition) is 2. The summed E-state index contributed by atoms with van der Waals surface area (Å²) in [5, 5.41) is 12.6. The predicted octanol–water partition coefficient (Wildman–Crippen LogP) is 4.09. The quantitative estimate of drug-likeness (QED) is 0.274. The van der Waals surface area contributed by atoms with Gasteiger partial charge in [-0.05, 0) is 42.0 Å². The van der Waals surface area contributed by atoms with Crippen molar-refractivity contribution in [1.29, 1.82) is 0 Å².